The summed E-state index contributed by atoms with van der Waals surface area (Å²) in [5, 5.41) is 2.95. The minimum Gasteiger partial charge on any atom is -0.477 e. The lowest BCUT2D eigenvalue weighted by Gasteiger charge is -2.14. The van der Waals surface area contributed by atoms with Crippen LogP contribution < -0.4 is 10.1 Å². The van der Waals surface area contributed by atoms with Crippen molar-refractivity contribution in [1.82, 2.24) is 9.97 Å². The normalized spacial score (nSPS) is 11.5. The molecule has 0 fully saturated rings. The van der Waals surface area contributed by atoms with E-state index in [9.17, 15) is 13.2 Å². The third-order valence-electron chi connectivity index (χ3n) is 4.32. The Bertz CT molecular complexity index is 718. The highest BCUT2D eigenvalue weighted by Gasteiger charge is 2.36. The summed E-state index contributed by atoms with van der Waals surface area (Å²) in [4.78, 5) is 7.77. The first-order chi connectivity index (χ1) is 13.4. The van der Waals surface area contributed by atoms with Gasteiger partial charge in [-0.1, -0.05) is 51.7 Å². The van der Waals surface area contributed by atoms with Crippen molar-refractivity contribution in [2.24, 2.45) is 0 Å². The highest BCUT2D eigenvalue weighted by molar-refractivity contribution is 5.54. The molecule has 154 valence electrons. The Labute approximate surface area is 164 Å². The van der Waals surface area contributed by atoms with Crippen molar-refractivity contribution >= 4 is 11.6 Å². The van der Waals surface area contributed by atoms with Gasteiger partial charge in [0, 0.05) is 11.9 Å². The van der Waals surface area contributed by atoms with E-state index in [1.54, 1.807) is 0 Å². The zero-order valence-corrected chi connectivity index (χ0v) is 16.5. The fraction of sp³-hybridized carbons (Fsp3) is 0.524. The summed E-state index contributed by atoms with van der Waals surface area (Å²) in [5.74, 6) is -0.348. The van der Waals surface area contributed by atoms with E-state index >= 15 is 0 Å². The summed E-state index contributed by atoms with van der Waals surface area (Å²) < 4.78 is 44.9. The van der Waals surface area contributed by atoms with Gasteiger partial charge in [-0.15, -0.1) is 0 Å². The van der Waals surface area contributed by atoms with Gasteiger partial charge in [0.15, 0.2) is 0 Å². The molecule has 2 rings (SSSR count). The van der Waals surface area contributed by atoms with Crippen molar-refractivity contribution < 1.29 is 17.9 Å². The molecule has 2 aromatic rings. The number of aromatic nitrogens is 2. The number of hydrogen-bond acceptors (Lipinski definition) is 4. The number of hydrogen-bond donors (Lipinski definition) is 1. The number of unbranched alkanes of at least 4 members (excludes halogenated alkanes) is 4. The topological polar surface area (TPSA) is 47.0 Å². The molecular formula is C21H28F3N3O. The van der Waals surface area contributed by atoms with Crippen LogP contribution in [-0.2, 0) is 12.6 Å². The number of halogens is 3. The average Bonchev–Trinajstić information content (AvgIpc) is 2.66. The molecule has 0 aliphatic heterocycles. The predicted octanol–water partition coefficient (Wildman–Crippen LogP) is 6.54. The number of rotatable bonds is 11. The fourth-order valence-electron chi connectivity index (χ4n) is 2.69. The van der Waals surface area contributed by atoms with Crippen molar-refractivity contribution in [2.45, 2.75) is 65.0 Å². The second-order valence-corrected chi connectivity index (χ2v) is 6.74. The quantitative estimate of drug-likeness (QED) is 0.439. The van der Waals surface area contributed by atoms with Crippen LogP contribution >= 0.6 is 0 Å². The SMILES string of the molecule is CCCCCCOc1nc(Nc2ccc(CCCC)cc2)ncc1C(F)(F)F. The minimum atomic E-state index is -4.56. The Morgan fingerprint density at radius 2 is 1.68 bits per heavy atom. The number of anilines is 2. The third kappa shape index (κ3) is 7.02. The maximum Gasteiger partial charge on any atom is 0.423 e. The molecule has 1 N–H and O–H groups in total. The molecule has 0 amide bonds. The van der Waals surface area contributed by atoms with E-state index in [0.717, 1.165) is 44.7 Å². The monoisotopic (exact) mass is 395 g/mol. The predicted molar refractivity (Wildman–Crippen MR) is 105 cm³/mol. The largest absolute Gasteiger partial charge is 0.477 e. The molecule has 0 atom stereocenters. The highest BCUT2D eigenvalue weighted by atomic mass is 19.4. The number of aryl methyl sites for hydroxylation is 1. The molecule has 0 unspecified atom stereocenters. The van der Waals surface area contributed by atoms with Crippen LogP contribution in [-0.4, -0.2) is 16.6 Å². The number of ether oxygens (including phenoxy) is 1. The summed E-state index contributed by atoms with van der Waals surface area (Å²) >= 11 is 0. The molecule has 0 radical (unpaired) electrons. The smallest absolute Gasteiger partial charge is 0.423 e. The number of alkyl halides is 3. The first-order valence-electron chi connectivity index (χ1n) is 9.87. The highest BCUT2D eigenvalue weighted by Crippen LogP contribution is 2.35. The molecule has 0 aliphatic carbocycles. The van der Waals surface area contributed by atoms with E-state index in [1.807, 2.05) is 24.3 Å². The van der Waals surface area contributed by atoms with E-state index in [4.69, 9.17) is 4.74 Å². The lowest BCUT2D eigenvalue weighted by atomic mass is 10.1. The molecule has 28 heavy (non-hydrogen) atoms. The van der Waals surface area contributed by atoms with Crippen LogP contribution in [0.2, 0.25) is 0 Å². The average molecular weight is 395 g/mol. The molecular weight excluding hydrogens is 367 g/mol. The van der Waals surface area contributed by atoms with Crippen LogP contribution in [0.1, 0.15) is 63.5 Å². The zero-order chi connectivity index (χ0) is 20.4. The van der Waals surface area contributed by atoms with Crippen molar-refractivity contribution in [3.63, 3.8) is 0 Å². The Balaban J connectivity index is 2.08. The Morgan fingerprint density at radius 3 is 2.32 bits per heavy atom. The van der Waals surface area contributed by atoms with Gasteiger partial charge >= 0.3 is 6.18 Å². The van der Waals surface area contributed by atoms with Crippen molar-refractivity contribution in [2.75, 3.05) is 11.9 Å². The molecule has 1 aromatic heterocycles. The number of nitrogens with one attached hydrogen (secondary N) is 1. The zero-order valence-electron chi connectivity index (χ0n) is 16.5. The van der Waals surface area contributed by atoms with Crippen LogP contribution in [0.3, 0.4) is 0 Å². The first kappa shape index (κ1) is 22.0. The van der Waals surface area contributed by atoms with Crippen molar-refractivity contribution in [3.05, 3.63) is 41.6 Å². The second-order valence-electron chi connectivity index (χ2n) is 6.74. The summed E-state index contributed by atoms with van der Waals surface area (Å²) in [6, 6.07) is 7.73. The van der Waals surface area contributed by atoms with E-state index < -0.39 is 17.6 Å². The summed E-state index contributed by atoms with van der Waals surface area (Å²) in [5.41, 5.74) is 0.981. The van der Waals surface area contributed by atoms with Crippen molar-refractivity contribution in [1.29, 1.82) is 0 Å². The van der Waals surface area contributed by atoms with Crippen LogP contribution in [0.15, 0.2) is 30.5 Å². The fourth-order valence-corrected chi connectivity index (χ4v) is 2.69. The second kappa shape index (κ2) is 10.9. The minimum absolute atomic E-state index is 0.0814. The van der Waals surface area contributed by atoms with Crippen LogP contribution in [0.25, 0.3) is 0 Å². The molecule has 0 bridgehead atoms. The van der Waals surface area contributed by atoms with Gasteiger partial charge in [-0.2, -0.15) is 18.2 Å². The molecule has 0 saturated heterocycles. The van der Waals surface area contributed by atoms with E-state index in [-0.39, 0.29) is 12.6 Å². The lowest BCUT2D eigenvalue weighted by Crippen LogP contribution is -2.13. The van der Waals surface area contributed by atoms with Gasteiger partial charge in [0.2, 0.25) is 11.8 Å². The van der Waals surface area contributed by atoms with Crippen molar-refractivity contribution in [3.8, 4) is 5.88 Å². The van der Waals surface area contributed by atoms with Gasteiger partial charge < -0.3 is 10.1 Å². The van der Waals surface area contributed by atoms with Gasteiger partial charge in [-0.05, 0) is 37.0 Å². The third-order valence-corrected chi connectivity index (χ3v) is 4.32. The number of benzene rings is 1. The molecule has 1 aromatic carbocycles. The molecule has 4 nitrogen and oxygen atoms in total. The Morgan fingerprint density at radius 1 is 0.964 bits per heavy atom. The van der Waals surface area contributed by atoms with E-state index in [0.29, 0.717) is 12.1 Å². The lowest BCUT2D eigenvalue weighted by molar-refractivity contribution is -0.139. The van der Waals surface area contributed by atoms with Crippen LogP contribution in [0, 0.1) is 0 Å². The van der Waals surface area contributed by atoms with Gasteiger partial charge in [0.1, 0.15) is 5.56 Å². The van der Waals surface area contributed by atoms with E-state index in [2.05, 4.69) is 29.1 Å². The Kier molecular flexibility index (Phi) is 8.54. The molecule has 7 heteroatoms. The summed E-state index contributed by atoms with van der Waals surface area (Å²) in [7, 11) is 0. The standard InChI is InChI=1S/C21H28F3N3O/c1-3-5-7-8-14-28-19-18(21(22,23)24)15-25-20(27-19)26-17-12-10-16(11-13-17)9-6-4-2/h10-13,15H,3-9,14H2,1-2H3,(H,25,26,27). The van der Waals surface area contributed by atoms with Crippen LogP contribution in [0.5, 0.6) is 5.88 Å². The van der Waals surface area contributed by atoms with Gasteiger partial charge in [0.25, 0.3) is 0 Å². The van der Waals surface area contributed by atoms with Gasteiger partial charge in [-0.25, -0.2) is 4.98 Å². The van der Waals surface area contributed by atoms with Gasteiger partial charge in [0.05, 0.1) is 6.61 Å². The molecule has 0 saturated carbocycles. The molecule has 0 aliphatic rings. The maximum absolute atomic E-state index is 13.2. The summed E-state index contributed by atoms with van der Waals surface area (Å²) in [6.45, 7) is 4.41. The maximum atomic E-state index is 13.2. The van der Waals surface area contributed by atoms with Gasteiger partial charge in [-0.3, -0.25) is 0 Å². The Hall–Kier alpha value is -2.31. The van der Waals surface area contributed by atoms with E-state index in [1.165, 1.54) is 5.56 Å². The molecule has 1 heterocycles. The molecule has 0 spiro atoms. The van der Waals surface area contributed by atoms with Crippen LogP contribution in [0.4, 0.5) is 24.8 Å². The number of nitrogens with zero attached hydrogens (tertiary/aromatic N) is 2. The summed E-state index contributed by atoms with van der Waals surface area (Å²) in [6.07, 6.45) is 3.14. The first-order valence-corrected chi connectivity index (χ1v) is 9.87.